The van der Waals surface area contributed by atoms with Gasteiger partial charge in [-0.2, -0.15) is 5.26 Å². The maximum Gasteiger partial charge on any atom is 0.121 e. The zero-order chi connectivity index (χ0) is 12.1. The average Bonchev–Trinajstić information content (AvgIpc) is 2.77. The molecule has 0 bridgehead atoms. The third-order valence-electron chi connectivity index (χ3n) is 2.40. The number of rotatable bonds is 4. The molecule has 86 valence electrons. The number of nitrogens with two attached hydrogens (primary N) is 1. The van der Waals surface area contributed by atoms with Crippen LogP contribution in [-0.4, -0.2) is 11.2 Å². The van der Waals surface area contributed by atoms with Crippen LogP contribution in [0.25, 0.3) is 0 Å². The molecule has 0 unspecified atom stereocenters. The molecule has 0 spiro atoms. The van der Waals surface area contributed by atoms with E-state index in [4.69, 9.17) is 15.7 Å². The fraction of sp³-hybridized carbons (Fsp3) is 0.154. The lowest BCUT2D eigenvalue weighted by Crippen LogP contribution is -2.08. The lowest BCUT2D eigenvalue weighted by Gasteiger charge is -2.08. The van der Waals surface area contributed by atoms with Gasteiger partial charge < -0.3 is 15.0 Å². The summed E-state index contributed by atoms with van der Waals surface area (Å²) in [7, 11) is 0. The molecule has 1 heterocycles. The van der Waals surface area contributed by atoms with Crippen LogP contribution >= 0.6 is 0 Å². The summed E-state index contributed by atoms with van der Waals surface area (Å²) in [4.78, 5) is 0. The molecule has 0 fully saturated rings. The Bertz CT molecular complexity index is 540. The molecule has 2 aromatic rings. The van der Waals surface area contributed by atoms with Gasteiger partial charge in [0, 0.05) is 18.0 Å². The van der Waals surface area contributed by atoms with E-state index in [-0.39, 0.29) is 0 Å². The average molecular weight is 227 g/mol. The number of benzene rings is 1. The molecule has 17 heavy (non-hydrogen) atoms. The van der Waals surface area contributed by atoms with Crippen LogP contribution in [0.4, 0.5) is 5.69 Å². The van der Waals surface area contributed by atoms with Gasteiger partial charge in [-0.3, -0.25) is 0 Å². The minimum atomic E-state index is 0.507. The summed E-state index contributed by atoms with van der Waals surface area (Å²) in [6.07, 6.45) is 1.86. The van der Waals surface area contributed by atoms with E-state index >= 15 is 0 Å². The van der Waals surface area contributed by atoms with Crippen molar-refractivity contribution in [1.29, 1.82) is 5.26 Å². The molecule has 0 radical (unpaired) electrons. The highest BCUT2D eigenvalue weighted by Crippen LogP contribution is 2.14. The first-order valence-electron chi connectivity index (χ1n) is 5.33. The highest BCUT2D eigenvalue weighted by atomic mass is 16.5. The van der Waals surface area contributed by atoms with E-state index in [1.165, 1.54) is 0 Å². The van der Waals surface area contributed by atoms with Gasteiger partial charge in [0.25, 0.3) is 0 Å². The number of hydrogen-bond donors (Lipinski definition) is 1. The van der Waals surface area contributed by atoms with Crippen LogP contribution in [-0.2, 0) is 6.54 Å². The second-order valence-corrected chi connectivity index (χ2v) is 3.62. The number of nitrogens with zero attached hydrogens (tertiary/aromatic N) is 2. The van der Waals surface area contributed by atoms with Crippen LogP contribution in [0.3, 0.4) is 0 Å². The molecule has 0 saturated carbocycles. The Balaban J connectivity index is 1.90. The van der Waals surface area contributed by atoms with Crippen molar-refractivity contribution in [3.63, 3.8) is 0 Å². The van der Waals surface area contributed by atoms with Gasteiger partial charge in [0.1, 0.15) is 24.1 Å². The Kier molecular flexibility index (Phi) is 3.31. The smallest absolute Gasteiger partial charge is 0.121 e. The topological polar surface area (TPSA) is 64.0 Å². The van der Waals surface area contributed by atoms with E-state index in [1.807, 2.05) is 35.0 Å². The first kappa shape index (κ1) is 11.1. The maximum atomic E-state index is 8.83. The molecule has 0 amide bonds. The van der Waals surface area contributed by atoms with Crippen molar-refractivity contribution in [2.24, 2.45) is 0 Å². The van der Waals surface area contributed by atoms with Gasteiger partial charge in [0.05, 0.1) is 6.54 Å². The van der Waals surface area contributed by atoms with Crippen molar-refractivity contribution in [2.75, 3.05) is 12.3 Å². The van der Waals surface area contributed by atoms with E-state index in [0.29, 0.717) is 24.5 Å². The molecule has 2 N–H and O–H groups in total. The van der Waals surface area contributed by atoms with Crippen molar-refractivity contribution < 1.29 is 4.74 Å². The first-order valence-corrected chi connectivity index (χ1v) is 5.33. The van der Waals surface area contributed by atoms with Crippen LogP contribution in [0.5, 0.6) is 5.75 Å². The number of nitriles is 1. The van der Waals surface area contributed by atoms with Gasteiger partial charge in [-0.05, 0) is 24.3 Å². The fourth-order valence-electron chi connectivity index (χ4n) is 1.58. The fourth-order valence-corrected chi connectivity index (χ4v) is 1.58. The molecule has 0 aliphatic rings. The normalized spacial score (nSPS) is 9.82. The van der Waals surface area contributed by atoms with Crippen LogP contribution in [0.2, 0.25) is 0 Å². The van der Waals surface area contributed by atoms with Crippen molar-refractivity contribution in [2.45, 2.75) is 6.54 Å². The Labute approximate surface area is 99.8 Å². The molecule has 0 aliphatic carbocycles. The standard InChI is InChI=1S/C13H13N3O/c14-10-12-4-2-6-16(12)7-8-17-13-5-1-3-11(15)9-13/h1-6,9H,7-8,15H2. The zero-order valence-corrected chi connectivity index (χ0v) is 9.34. The van der Waals surface area contributed by atoms with Crippen LogP contribution in [0.1, 0.15) is 5.69 Å². The summed E-state index contributed by atoms with van der Waals surface area (Å²) in [5.74, 6) is 0.746. The molecule has 0 atom stereocenters. The number of aromatic nitrogens is 1. The lowest BCUT2D eigenvalue weighted by atomic mass is 10.3. The SMILES string of the molecule is N#Cc1cccn1CCOc1cccc(N)c1. The highest BCUT2D eigenvalue weighted by molar-refractivity contribution is 5.43. The molecule has 4 nitrogen and oxygen atoms in total. The van der Waals surface area contributed by atoms with Crippen molar-refractivity contribution in [3.05, 3.63) is 48.3 Å². The summed E-state index contributed by atoms with van der Waals surface area (Å²) in [6, 6.07) is 13.0. The van der Waals surface area contributed by atoms with E-state index in [9.17, 15) is 0 Å². The summed E-state index contributed by atoms with van der Waals surface area (Å²) in [5, 5.41) is 8.83. The largest absolute Gasteiger partial charge is 0.492 e. The molecular formula is C13H13N3O. The summed E-state index contributed by atoms with van der Waals surface area (Å²) in [6.45, 7) is 1.15. The van der Waals surface area contributed by atoms with Crippen LogP contribution in [0.15, 0.2) is 42.6 Å². The maximum absolute atomic E-state index is 8.83. The molecular weight excluding hydrogens is 214 g/mol. The molecule has 0 saturated heterocycles. The summed E-state index contributed by atoms with van der Waals surface area (Å²) in [5.41, 5.74) is 6.96. The molecule has 1 aromatic carbocycles. The third-order valence-corrected chi connectivity index (χ3v) is 2.40. The van der Waals surface area contributed by atoms with Crippen molar-refractivity contribution in [3.8, 4) is 11.8 Å². The predicted molar refractivity (Wildman–Crippen MR) is 65.5 cm³/mol. The number of nitrogen functional groups attached to an aromatic ring is 1. The highest BCUT2D eigenvalue weighted by Gasteiger charge is 1.99. The van der Waals surface area contributed by atoms with Gasteiger partial charge in [-0.25, -0.2) is 0 Å². The Hall–Kier alpha value is -2.41. The predicted octanol–water partition coefficient (Wildman–Crippen LogP) is 2.02. The second-order valence-electron chi connectivity index (χ2n) is 3.62. The van der Waals surface area contributed by atoms with Gasteiger partial charge in [0.2, 0.25) is 0 Å². The van der Waals surface area contributed by atoms with Gasteiger partial charge >= 0.3 is 0 Å². The van der Waals surface area contributed by atoms with E-state index in [2.05, 4.69) is 6.07 Å². The van der Waals surface area contributed by atoms with Gasteiger partial charge in [0.15, 0.2) is 0 Å². The zero-order valence-electron chi connectivity index (χ0n) is 9.34. The number of hydrogen-bond acceptors (Lipinski definition) is 3. The first-order chi connectivity index (χ1) is 8.29. The minimum Gasteiger partial charge on any atom is -0.492 e. The van der Waals surface area contributed by atoms with E-state index in [0.717, 1.165) is 5.75 Å². The second kappa shape index (κ2) is 5.08. The lowest BCUT2D eigenvalue weighted by molar-refractivity contribution is 0.298. The molecule has 1 aromatic heterocycles. The monoisotopic (exact) mass is 227 g/mol. The third kappa shape index (κ3) is 2.79. The Morgan fingerprint density at radius 2 is 2.18 bits per heavy atom. The Morgan fingerprint density at radius 1 is 1.29 bits per heavy atom. The van der Waals surface area contributed by atoms with Crippen LogP contribution in [0, 0.1) is 11.3 Å². The molecule has 4 heteroatoms. The van der Waals surface area contributed by atoms with Gasteiger partial charge in [-0.15, -0.1) is 0 Å². The summed E-state index contributed by atoms with van der Waals surface area (Å²) < 4.78 is 7.40. The van der Waals surface area contributed by atoms with Gasteiger partial charge in [-0.1, -0.05) is 6.07 Å². The molecule has 0 aliphatic heterocycles. The molecule has 2 rings (SSSR count). The quantitative estimate of drug-likeness (QED) is 0.813. The van der Waals surface area contributed by atoms with Crippen molar-refractivity contribution >= 4 is 5.69 Å². The van der Waals surface area contributed by atoms with E-state index in [1.54, 1.807) is 12.1 Å². The Morgan fingerprint density at radius 3 is 2.94 bits per heavy atom. The van der Waals surface area contributed by atoms with Crippen LogP contribution < -0.4 is 10.5 Å². The van der Waals surface area contributed by atoms with E-state index < -0.39 is 0 Å². The van der Waals surface area contributed by atoms with Crippen molar-refractivity contribution in [1.82, 2.24) is 4.57 Å². The summed E-state index contributed by atoms with van der Waals surface area (Å²) >= 11 is 0. The number of anilines is 1. The number of ether oxygens (including phenoxy) is 1. The minimum absolute atomic E-state index is 0.507.